The van der Waals surface area contributed by atoms with Gasteiger partial charge in [0.1, 0.15) is 5.57 Å². The van der Waals surface area contributed by atoms with Gasteiger partial charge in [0.05, 0.1) is 5.69 Å². The monoisotopic (exact) mass is 483 g/mol. The van der Waals surface area contributed by atoms with E-state index in [9.17, 15) is 14.4 Å². The molecule has 1 aliphatic rings. The maximum Gasteiger partial charge on any atom is 0.335 e. The number of hydrogen-bond donors (Lipinski definition) is 1. The SMILES string of the molecule is Cc1ccc(N2C(=O)NC(=O)/C(=C\c3c(C)n(Cc4ccccc4Cl)c4ccccc34)C2=O)cc1. The Bertz CT molecular complexity index is 1530. The van der Waals surface area contributed by atoms with Crippen molar-refractivity contribution in [3.8, 4) is 0 Å². The number of aryl methyl sites for hydroxylation is 1. The Morgan fingerprint density at radius 1 is 0.886 bits per heavy atom. The number of rotatable bonds is 4. The van der Waals surface area contributed by atoms with Gasteiger partial charge in [0, 0.05) is 33.7 Å². The predicted octanol–water partition coefficient (Wildman–Crippen LogP) is 5.63. The first kappa shape index (κ1) is 22.6. The summed E-state index contributed by atoms with van der Waals surface area (Å²) in [6.45, 7) is 4.39. The Morgan fingerprint density at radius 3 is 2.31 bits per heavy atom. The molecule has 4 amide bonds. The molecule has 35 heavy (non-hydrogen) atoms. The molecule has 1 N–H and O–H groups in total. The summed E-state index contributed by atoms with van der Waals surface area (Å²) in [6, 6.07) is 21.7. The molecule has 5 rings (SSSR count). The van der Waals surface area contributed by atoms with Crippen LogP contribution in [0.3, 0.4) is 0 Å². The topological polar surface area (TPSA) is 71.4 Å². The van der Waals surface area contributed by atoms with Crippen LogP contribution in [0.15, 0.2) is 78.4 Å². The van der Waals surface area contributed by atoms with Gasteiger partial charge in [0.2, 0.25) is 0 Å². The van der Waals surface area contributed by atoms with Crippen LogP contribution in [0.1, 0.15) is 22.4 Å². The average Bonchev–Trinajstić information content (AvgIpc) is 3.10. The number of hydrogen-bond acceptors (Lipinski definition) is 3. The molecule has 0 aliphatic carbocycles. The second kappa shape index (κ2) is 8.89. The molecule has 0 spiro atoms. The quantitative estimate of drug-likeness (QED) is 0.302. The zero-order valence-electron chi connectivity index (χ0n) is 19.2. The van der Waals surface area contributed by atoms with Gasteiger partial charge in [-0.15, -0.1) is 0 Å². The largest absolute Gasteiger partial charge is 0.340 e. The van der Waals surface area contributed by atoms with Gasteiger partial charge in [-0.05, 0) is 49.8 Å². The third-order valence-corrected chi connectivity index (χ3v) is 6.62. The van der Waals surface area contributed by atoms with Crippen molar-refractivity contribution in [2.75, 3.05) is 4.90 Å². The van der Waals surface area contributed by atoms with Crippen LogP contribution in [0, 0.1) is 13.8 Å². The first-order valence-corrected chi connectivity index (χ1v) is 11.5. The summed E-state index contributed by atoms with van der Waals surface area (Å²) in [4.78, 5) is 39.7. The van der Waals surface area contributed by atoms with Gasteiger partial charge in [0.25, 0.3) is 11.8 Å². The van der Waals surface area contributed by atoms with Crippen LogP contribution < -0.4 is 10.2 Å². The van der Waals surface area contributed by atoms with Gasteiger partial charge >= 0.3 is 6.03 Å². The summed E-state index contributed by atoms with van der Waals surface area (Å²) in [5.41, 5.74) is 4.81. The number of carbonyl (C=O) groups is 3. The fourth-order valence-corrected chi connectivity index (χ4v) is 4.57. The van der Waals surface area contributed by atoms with E-state index >= 15 is 0 Å². The minimum atomic E-state index is -0.765. The van der Waals surface area contributed by atoms with Crippen LogP contribution in [0.5, 0.6) is 0 Å². The van der Waals surface area contributed by atoms with Crippen molar-refractivity contribution in [3.63, 3.8) is 0 Å². The van der Waals surface area contributed by atoms with E-state index in [1.54, 1.807) is 18.2 Å². The van der Waals surface area contributed by atoms with Crippen LogP contribution in [-0.2, 0) is 16.1 Å². The van der Waals surface area contributed by atoms with Gasteiger partial charge in [-0.1, -0.05) is 65.7 Å². The number of anilines is 1. The second-order valence-corrected chi connectivity index (χ2v) is 8.89. The Balaban J connectivity index is 1.62. The van der Waals surface area contributed by atoms with Crippen molar-refractivity contribution < 1.29 is 14.4 Å². The number of nitrogens with one attached hydrogen (secondary N) is 1. The standard InChI is InChI=1S/C28H22ClN3O3/c1-17-11-13-20(14-12-17)32-27(34)23(26(33)30-28(32)35)15-22-18(2)31(25-10-6-4-8-21(22)25)16-19-7-3-5-9-24(19)29/h3-15H,16H2,1-2H3,(H,30,33,35)/b23-15+. The maximum atomic E-state index is 13.4. The normalized spacial score (nSPS) is 15.2. The molecule has 0 unspecified atom stereocenters. The third kappa shape index (κ3) is 4.02. The zero-order chi connectivity index (χ0) is 24.7. The second-order valence-electron chi connectivity index (χ2n) is 8.49. The molecule has 1 aliphatic heterocycles. The van der Waals surface area contributed by atoms with E-state index in [0.717, 1.165) is 38.2 Å². The molecule has 3 aromatic carbocycles. The number of fused-ring (bicyclic) bond motifs is 1. The molecule has 0 atom stereocenters. The van der Waals surface area contributed by atoms with Crippen molar-refractivity contribution in [1.29, 1.82) is 0 Å². The molecule has 1 fully saturated rings. The number of nitrogens with zero attached hydrogens (tertiary/aromatic N) is 2. The Hall–Kier alpha value is -4.16. The lowest BCUT2D eigenvalue weighted by molar-refractivity contribution is -0.122. The maximum absolute atomic E-state index is 13.4. The Labute approximate surface area is 207 Å². The summed E-state index contributed by atoms with van der Waals surface area (Å²) < 4.78 is 2.11. The van der Waals surface area contributed by atoms with Gasteiger partial charge in [-0.3, -0.25) is 14.9 Å². The van der Waals surface area contributed by atoms with Crippen LogP contribution in [-0.4, -0.2) is 22.4 Å². The number of urea groups is 1. The lowest BCUT2D eigenvalue weighted by Crippen LogP contribution is -2.54. The summed E-state index contributed by atoms with van der Waals surface area (Å²) >= 11 is 6.42. The number of barbiturate groups is 1. The molecular formula is C28H22ClN3O3. The van der Waals surface area contributed by atoms with E-state index < -0.39 is 17.8 Å². The molecule has 174 valence electrons. The summed E-state index contributed by atoms with van der Waals surface area (Å²) in [5.74, 6) is -1.38. The van der Waals surface area contributed by atoms with Gasteiger partial charge in [0.15, 0.2) is 0 Å². The molecule has 1 aromatic heterocycles. The van der Waals surface area contributed by atoms with Crippen molar-refractivity contribution in [3.05, 3.63) is 106 Å². The molecule has 0 saturated carbocycles. The van der Waals surface area contributed by atoms with Crippen LogP contribution in [0.25, 0.3) is 17.0 Å². The molecule has 4 aromatic rings. The average molecular weight is 484 g/mol. The number of benzene rings is 3. The van der Waals surface area contributed by atoms with Crippen molar-refractivity contribution >= 4 is 52.1 Å². The van der Waals surface area contributed by atoms with E-state index in [-0.39, 0.29) is 5.57 Å². The zero-order valence-corrected chi connectivity index (χ0v) is 20.0. The van der Waals surface area contributed by atoms with E-state index in [1.807, 2.05) is 74.5 Å². The van der Waals surface area contributed by atoms with Gasteiger partial charge in [-0.25, -0.2) is 9.69 Å². The minimum Gasteiger partial charge on any atom is -0.340 e. The number of imide groups is 2. The Morgan fingerprint density at radius 2 is 1.57 bits per heavy atom. The van der Waals surface area contributed by atoms with Crippen LogP contribution >= 0.6 is 11.6 Å². The lowest BCUT2D eigenvalue weighted by atomic mass is 10.0. The molecule has 2 heterocycles. The first-order chi connectivity index (χ1) is 16.8. The third-order valence-electron chi connectivity index (χ3n) is 6.25. The first-order valence-electron chi connectivity index (χ1n) is 11.1. The lowest BCUT2D eigenvalue weighted by Gasteiger charge is -2.26. The highest BCUT2D eigenvalue weighted by molar-refractivity contribution is 6.39. The van der Waals surface area contributed by atoms with Gasteiger partial charge < -0.3 is 4.57 Å². The van der Waals surface area contributed by atoms with Crippen molar-refractivity contribution in [1.82, 2.24) is 9.88 Å². The fourth-order valence-electron chi connectivity index (χ4n) is 4.37. The number of aromatic nitrogens is 1. The fraction of sp³-hybridized carbons (Fsp3) is 0.107. The van der Waals surface area contributed by atoms with Crippen molar-refractivity contribution in [2.45, 2.75) is 20.4 Å². The van der Waals surface area contributed by atoms with Crippen LogP contribution in [0.4, 0.5) is 10.5 Å². The Kier molecular flexibility index (Phi) is 5.75. The van der Waals surface area contributed by atoms with E-state index in [2.05, 4.69) is 9.88 Å². The summed E-state index contributed by atoms with van der Waals surface area (Å²) in [6.07, 6.45) is 1.58. The molecule has 7 heteroatoms. The highest BCUT2D eigenvalue weighted by atomic mass is 35.5. The van der Waals surface area contributed by atoms with E-state index in [4.69, 9.17) is 11.6 Å². The number of amides is 4. The molecular weight excluding hydrogens is 462 g/mol. The molecule has 1 saturated heterocycles. The molecule has 0 bridgehead atoms. The van der Waals surface area contributed by atoms with Crippen molar-refractivity contribution in [2.24, 2.45) is 0 Å². The molecule has 0 radical (unpaired) electrons. The number of para-hydroxylation sites is 1. The highest BCUT2D eigenvalue weighted by Gasteiger charge is 2.37. The summed E-state index contributed by atoms with van der Waals surface area (Å²) in [5, 5.41) is 3.86. The van der Waals surface area contributed by atoms with E-state index in [1.165, 1.54) is 0 Å². The highest BCUT2D eigenvalue weighted by Crippen LogP contribution is 2.31. The number of halogens is 1. The predicted molar refractivity (Wildman–Crippen MR) is 137 cm³/mol. The minimum absolute atomic E-state index is 0.103. The van der Waals surface area contributed by atoms with Crippen LogP contribution in [0.2, 0.25) is 5.02 Å². The number of carbonyl (C=O) groups excluding carboxylic acids is 3. The summed E-state index contributed by atoms with van der Waals surface area (Å²) in [7, 11) is 0. The van der Waals surface area contributed by atoms with Gasteiger partial charge in [-0.2, -0.15) is 0 Å². The smallest absolute Gasteiger partial charge is 0.335 e. The van der Waals surface area contributed by atoms with E-state index in [0.29, 0.717) is 17.3 Å². The molecule has 6 nitrogen and oxygen atoms in total.